The molecule has 0 unspecified atom stereocenters. The van der Waals surface area contributed by atoms with Crippen LogP contribution in [0.3, 0.4) is 0 Å². The van der Waals surface area contributed by atoms with E-state index in [2.05, 4.69) is 227 Å². The lowest BCUT2D eigenvalue weighted by Crippen LogP contribution is -2.10. The van der Waals surface area contributed by atoms with Crippen molar-refractivity contribution in [2.45, 2.75) is 131 Å². The van der Waals surface area contributed by atoms with Crippen molar-refractivity contribution in [3.05, 3.63) is 363 Å². The fourth-order valence-corrected chi connectivity index (χ4v) is 8.39. The second kappa shape index (κ2) is 46.5. The van der Waals surface area contributed by atoms with Crippen molar-refractivity contribution in [3.63, 3.8) is 0 Å². The molecule has 0 saturated heterocycles. The molecule has 474 valence electrons. The summed E-state index contributed by atoms with van der Waals surface area (Å²) in [4.78, 5) is 9.59. The van der Waals surface area contributed by atoms with E-state index >= 15 is 0 Å². The van der Waals surface area contributed by atoms with Crippen LogP contribution in [0.4, 0.5) is 18.9 Å². The third-order valence-electron chi connectivity index (χ3n) is 14.2. The Bertz CT molecular complexity index is 3280. The Morgan fingerprint density at radius 1 is 0.451 bits per heavy atom. The summed E-state index contributed by atoms with van der Waals surface area (Å²) in [6, 6.07) is 97.9. The maximum absolute atomic E-state index is 11.8. The Labute approximate surface area is 543 Å². The summed E-state index contributed by atoms with van der Waals surface area (Å²) in [6.07, 6.45) is 3.69. The number of hydrogen-bond acceptors (Lipinski definition) is 4. The molecular weight excluding hydrogens is 1130 g/mol. The summed E-state index contributed by atoms with van der Waals surface area (Å²) in [5, 5.41) is 26.6. The summed E-state index contributed by atoms with van der Waals surface area (Å²) in [6.45, 7) is 22.0. The molecule has 0 radical (unpaired) electrons. The van der Waals surface area contributed by atoms with Gasteiger partial charge in [0.2, 0.25) is 0 Å². The number of benzene rings is 10. The summed E-state index contributed by atoms with van der Waals surface area (Å²) in [5.74, 6) is 2.46. The molecule has 0 heterocycles. The molecule has 1 fully saturated rings. The number of halogens is 3. The summed E-state index contributed by atoms with van der Waals surface area (Å²) in [5.41, 5.74) is 11.2. The van der Waals surface area contributed by atoms with Gasteiger partial charge in [0.15, 0.2) is 0 Å². The Balaban J connectivity index is 0.000000346. The van der Waals surface area contributed by atoms with Gasteiger partial charge < -0.3 is 0 Å². The van der Waals surface area contributed by atoms with Crippen LogP contribution in [0.2, 0.25) is 0 Å². The Kier molecular flexibility index (Phi) is 39.6. The highest BCUT2D eigenvalue weighted by atomic mass is 19.4. The Morgan fingerprint density at radius 2 is 0.747 bits per heavy atom. The van der Waals surface area contributed by atoms with E-state index in [1.165, 1.54) is 83.3 Å². The van der Waals surface area contributed by atoms with E-state index in [9.17, 15) is 23.3 Å². The second-order valence-corrected chi connectivity index (χ2v) is 22.7. The van der Waals surface area contributed by atoms with Gasteiger partial charge in [-0.25, -0.2) is 0 Å². The van der Waals surface area contributed by atoms with Crippen LogP contribution in [0.5, 0.6) is 0 Å². The zero-order valence-electron chi connectivity index (χ0n) is 55.1. The second-order valence-electron chi connectivity index (χ2n) is 22.7. The molecule has 1 saturated carbocycles. The maximum Gasteiger partial charge on any atom is 0.416 e. The first kappa shape index (κ1) is 77.5. The largest absolute Gasteiger partial charge is 0.416 e. The molecule has 91 heavy (non-hydrogen) atoms. The molecule has 11 rings (SSSR count). The first-order chi connectivity index (χ1) is 43.7. The molecule has 5 nitrogen and oxygen atoms in total. The first-order valence-electron chi connectivity index (χ1n) is 31.2. The average molecular weight is 1220 g/mol. The van der Waals surface area contributed by atoms with Crippen molar-refractivity contribution in [2.24, 2.45) is 5.92 Å². The van der Waals surface area contributed by atoms with Crippen molar-refractivity contribution < 1.29 is 18.1 Å². The highest BCUT2D eigenvalue weighted by Crippen LogP contribution is 2.35. The molecule has 0 spiro atoms. The van der Waals surface area contributed by atoms with Crippen molar-refractivity contribution in [1.82, 2.24) is 0 Å². The van der Waals surface area contributed by atoms with E-state index in [4.69, 9.17) is 10.5 Å². The first-order valence-corrected chi connectivity index (χ1v) is 31.2. The van der Waals surface area contributed by atoms with E-state index in [0.29, 0.717) is 22.5 Å². The molecule has 0 bridgehead atoms. The SMILES string of the molecule is CC(C)(C)c1ccccc1.CC(C)c1ccccc1.CC1CCC(c2ccccc2)CC1.CCc1ccccc1.CCc1ccccc1.Cc1ccccc1C.FC(F)(F)c1ccccc1.N#Cc1ccccc1.N#Cc1ccccc1.O=[N+]([O-])c1ccccc1. The fraction of sp³-hybridized carbons (Fsp3) is 0.253. The van der Waals surface area contributed by atoms with Crippen LogP contribution in [0.1, 0.15) is 149 Å². The fourth-order valence-electron chi connectivity index (χ4n) is 8.39. The predicted molar refractivity (Wildman–Crippen MR) is 377 cm³/mol. The topological polar surface area (TPSA) is 90.7 Å². The highest BCUT2D eigenvalue weighted by Gasteiger charge is 2.29. The molecule has 0 atom stereocenters. The highest BCUT2D eigenvalue weighted by molar-refractivity contribution is 5.30. The van der Waals surface area contributed by atoms with Crippen LogP contribution in [0, 0.1) is 52.5 Å². The molecule has 0 amide bonds. The number of nitrogens with zero attached hydrogens (tertiary/aromatic N) is 3. The van der Waals surface area contributed by atoms with Gasteiger partial charge in [0, 0.05) is 12.1 Å². The molecule has 10 aromatic rings. The number of rotatable bonds is 5. The zero-order valence-corrected chi connectivity index (χ0v) is 55.1. The van der Waals surface area contributed by atoms with E-state index in [1.54, 1.807) is 54.1 Å². The number of nitro benzene ring substituents is 1. The summed E-state index contributed by atoms with van der Waals surface area (Å²) in [7, 11) is 0. The standard InChI is InChI=1S/C13H18.C10H14.C9H12.3C8H10.C7H5F3.2C7H5N.C6H5NO2/c1-11-7-9-13(10-8-11)12-5-3-2-4-6-12;1-10(2,3)9-7-5-4-6-8-9;1-8(2)9-6-4-3-5-7-9;1-7-5-3-4-6-8(7)2;2*1-2-8-6-4-3-5-7-8;8-7(9,10)6-4-2-1-3-5-6;2*8-6-7-4-2-1-3-5-7;8-7(9)6-4-2-1-3-5-6/h2-6,11,13H,7-10H2,1H3;4-8H,1-3H3;3-8H,1-2H3;3-6H,1-2H3;2*3-7H,2H2,1H3;1-5H;2*1-5H;1-5H. The van der Waals surface area contributed by atoms with E-state index in [1.807, 2.05) is 66.7 Å². The molecule has 8 heteroatoms. The Morgan fingerprint density at radius 3 is 0.978 bits per heavy atom. The van der Waals surface area contributed by atoms with Crippen LogP contribution in [0.15, 0.2) is 297 Å². The molecule has 10 aromatic carbocycles. The number of nitriles is 2. The molecule has 0 aromatic heterocycles. The van der Waals surface area contributed by atoms with Crippen LogP contribution in [0.25, 0.3) is 0 Å². The number of nitro groups is 1. The normalized spacial score (nSPS) is 12.3. The number of non-ortho nitro benzene ring substituents is 1. The molecule has 0 N–H and O–H groups in total. The number of alkyl halides is 3. The lowest BCUT2D eigenvalue weighted by atomic mass is 9.79. The van der Waals surface area contributed by atoms with E-state index in [0.717, 1.165) is 36.8 Å². The van der Waals surface area contributed by atoms with Gasteiger partial charge in [-0.3, -0.25) is 10.1 Å². The zero-order chi connectivity index (χ0) is 67.0. The average Bonchev–Trinajstić information content (AvgIpc) is 3.65. The van der Waals surface area contributed by atoms with Gasteiger partial charge >= 0.3 is 6.18 Å². The van der Waals surface area contributed by atoms with Crippen molar-refractivity contribution in [3.8, 4) is 12.1 Å². The maximum atomic E-state index is 11.8. The van der Waals surface area contributed by atoms with Gasteiger partial charge in [0.25, 0.3) is 5.69 Å². The van der Waals surface area contributed by atoms with Gasteiger partial charge in [-0.1, -0.05) is 329 Å². The number of aryl methyl sites for hydroxylation is 4. The number of para-hydroxylation sites is 1. The third-order valence-corrected chi connectivity index (χ3v) is 14.2. The van der Waals surface area contributed by atoms with E-state index in [-0.39, 0.29) is 5.69 Å². The molecule has 0 aliphatic heterocycles. The minimum Gasteiger partial charge on any atom is -0.258 e. The third kappa shape index (κ3) is 37.1. The predicted octanol–water partition coefficient (Wildman–Crippen LogP) is 24.0. The van der Waals surface area contributed by atoms with Gasteiger partial charge in [-0.2, -0.15) is 23.7 Å². The lowest BCUT2D eigenvalue weighted by Gasteiger charge is -2.26. The summed E-state index contributed by atoms with van der Waals surface area (Å²) >= 11 is 0. The van der Waals surface area contributed by atoms with Crippen molar-refractivity contribution in [2.75, 3.05) is 0 Å². The van der Waals surface area contributed by atoms with Crippen LogP contribution in [-0.4, -0.2) is 4.92 Å². The van der Waals surface area contributed by atoms with Crippen molar-refractivity contribution >= 4 is 5.69 Å². The monoisotopic (exact) mass is 1220 g/mol. The van der Waals surface area contributed by atoms with Crippen LogP contribution < -0.4 is 0 Å². The van der Waals surface area contributed by atoms with Crippen molar-refractivity contribution in [1.29, 1.82) is 10.5 Å². The van der Waals surface area contributed by atoms with Gasteiger partial charge in [0.05, 0.1) is 33.8 Å². The lowest BCUT2D eigenvalue weighted by molar-refractivity contribution is -0.384. The van der Waals surface area contributed by atoms with Crippen LogP contribution >= 0.6 is 0 Å². The minimum atomic E-state index is -4.21. The Hall–Kier alpha value is -9.63. The molecular formula is C83H94F3N3O2. The molecule has 1 aliphatic rings. The van der Waals surface area contributed by atoms with E-state index < -0.39 is 16.7 Å². The van der Waals surface area contributed by atoms with Crippen LogP contribution in [-0.2, 0) is 24.4 Å². The number of hydrogen-bond donors (Lipinski definition) is 0. The van der Waals surface area contributed by atoms with Gasteiger partial charge in [-0.15, -0.1) is 0 Å². The molecule has 1 aliphatic carbocycles. The minimum absolute atomic E-state index is 0.137. The quantitative estimate of drug-likeness (QED) is 0.127. The van der Waals surface area contributed by atoms with Gasteiger partial charge in [0.1, 0.15) is 0 Å². The van der Waals surface area contributed by atoms with Gasteiger partial charge in [-0.05, 0) is 126 Å². The smallest absolute Gasteiger partial charge is 0.258 e. The summed E-state index contributed by atoms with van der Waals surface area (Å²) < 4.78 is 35.4.